The van der Waals surface area contributed by atoms with E-state index in [0.29, 0.717) is 4.75 Å². The van der Waals surface area contributed by atoms with Crippen LogP contribution < -0.4 is 18.9 Å². The van der Waals surface area contributed by atoms with Crippen LogP contribution in [0.2, 0.25) is 0 Å². The van der Waals surface area contributed by atoms with Crippen LogP contribution in [0.25, 0.3) is 0 Å². The molecule has 0 amide bonds. The number of hydrogen-bond donors (Lipinski definition) is 0. The van der Waals surface area contributed by atoms with Gasteiger partial charge in [-0.05, 0) is 12.2 Å². The van der Waals surface area contributed by atoms with E-state index in [9.17, 15) is 0 Å². The Labute approximate surface area is 94.4 Å². The molecule has 0 spiro atoms. The van der Waals surface area contributed by atoms with Gasteiger partial charge >= 0.3 is 18.9 Å². The predicted octanol–water partition coefficient (Wildman–Crippen LogP) is 0.772. The largest absolute Gasteiger partial charge is 1.00 e. The van der Waals surface area contributed by atoms with Crippen LogP contribution in [0.5, 0.6) is 0 Å². The molecule has 0 atom stereocenters. The van der Waals surface area contributed by atoms with Gasteiger partial charge in [0.05, 0.1) is 0 Å². The normalized spacial score (nSPS) is 12.5. The van der Waals surface area contributed by atoms with Gasteiger partial charge in [0.25, 0.3) is 0 Å². The molecule has 0 unspecified atom stereocenters. The van der Waals surface area contributed by atoms with Crippen LogP contribution in [0.1, 0.15) is 41.0 Å². The van der Waals surface area contributed by atoms with Crippen LogP contribution in [-0.2, 0) is 0 Å². The SMILES string of the molecule is [CH2-]C(C)(C)CSC(C)(C)CC.[Li+]. The summed E-state index contributed by atoms with van der Waals surface area (Å²) in [4.78, 5) is 0. The maximum absolute atomic E-state index is 4.09. The van der Waals surface area contributed by atoms with Crippen LogP contribution in [-0.4, -0.2) is 10.5 Å². The molecule has 0 aromatic rings. The molecule has 0 saturated heterocycles. The summed E-state index contributed by atoms with van der Waals surface area (Å²) < 4.78 is 0.426. The van der Waals surface area contributed by atoms with E-state index in [0.717, 1.165) is 5.75 Å². The van der Waals surface area contributed by atoms with Crippen molar-refractivity contribution in [2.45, 2.75) is 45.8 Å². The van der Waals surface area contributed by atoms with Crippen molar-refractivity contribution in [2.24, 2.45) is 5.41 Å². The summed E-state index contributed by atoms with van der Waals surface area (Å²) in [6.45, 7) is 15.3. The zero-order valence-electron chi connectivity index (χ0n) is 9.53. The van der Waals surface area contributed by atoms with Gasteiger partial charge in [0.1, 0.15) is 0 Å². The van der Waals surface area contributed by atoms with Crippen LogP contribution in [0.3, 0.4) is 0 Å². The minimum absolute atomic E-state index is 0. The Bertz CT molecular complexity index is 113. The minimum atomic E-state index is 0. The third-order valence-corrected chi connectivity index (χ3v) is 3.70. The van der Waals surface area contributed by atoms with Crippen LogP contribution in [0.15, 0.2) is 0 Å². The van der Waals surface area contributed by atoms with Gasteiger partial charge in [-0.2, -0.15) is 17.2 Å². The Hall–Kier alpha value is 0.947. The zero-order chi connectivity index (χ0) is 9.12. The van der Waals surface area contributed by atoms with Gasteiger partial charge in [0, 0.05) is 4.75 Å². The van der Waals surface area contributed by atoms with Crippen LogP contribution >= 0.6 is 11.8 Å². The van der Waals surface area contributed by atoms with Crippen molar-refractivity contribution in [2.75, 3.05) is 5.75 Å². The Kier molecular flexibility index (Phi) is 7.24. The first kappa shape index (κ1) is 15.4. The quantitative estimate of drug-likeness (QED) is 0.455. The summed E-state index contributed by atoms with van der Waals surface area (Å²) >= 11 is 2.02. The van der Waals surface area contributed by atoms with Gasteiger partial charge in [-0.1, -0.05) is 34.6 Å². The zero-order valence-corrected chi connectivity index (χ0v) is 10.3. The molecule has 0 heterocycles. The average molecular weight is 180 g/mol. The molecule has 0 N–H and O–H groups in total. The Morgan fingerprint density at radius 2 is 1.58 bits per heavy atom. The molecule has 0 aromatic heterocycles. The molecule has 0 bridgehead atoms. The predicted molar refractivity (Wildman–Crippen MR) is 56.0 cm³/mol. The van der Waals surface area contributed by atoms with Crippen molar-refractivity contribution < 1.29 is 18.9 Å². The number of thioether (sulfide) groups is 1. The van der Waals surface area contributed by atoms with E-state index in [1.807, 2.05) is 11.8 Å². The van der Waals surface area contributed by atoms with Crippen molar-refractivity contribution in [1.82, 2.24) is 0 Å². The molecule has 0 aliphatic heterocycles. The fraction of sp³-hybridized carbons (Fsp3) is 0.900. The first-order chi connectivity index (χ1) is 4.77. The van der Waals surface area contributed by atoms with E-state index in [1.165, 1.54) is 6.42 Å². The summed E-state index contributed by atoms with van der Waals surface area (Å²) in [5.74, 6) is 1.15. The van der Waals surface area contributed by atoms with E-state index in [2.05, 4.69) is 41.5 Å². The molecule has 2 heteroatoms. The maximum atomic E-state index is 4.09. The van der Waals surface area contributed by atoms with E-state index < -0.39 is 0 Å². The fourth-order valence-electron chi connectivity index (χ4n) is 0.493. The van der Waals surface area contributed by atoms with E-state index in [-0.39, 0.29) is 24.3 Å². The summed E-state index contributed by atoms with van der Waals surface area (Å²) in [6.07, 6.45) is 1.23. The average Bonchev–Trinajstić information content (AvgIpc) is 1.83. The second kappa shape index (κ2) is 5.63. The van der Waals surface area contributed by atoms with Crippen molar-refractivity contribution in [3.63, 3.8) is 0 Å². The summed E-state index contributed by atoms with van der Waals surface area (Å²) in [5, 5.41) is 0. The third-order valence-electron chi connectivity index (χ3n) is 1.71. The summed E-state index contributed by atoms with van der Waals surface area (Å²) in [7, 11) is 0. The Balaban J connectivity index is 0. The molecule has 0 aliphatic carbocycles. The molecule has 68 valence electrons. The van der Waals surface area contributed by atoms with Gasteiger partial charge in [-0.15, -0.1) is 0 Å². The number of rotatable bonds is 4. The van der Waals surface area contributed by atoms with Crippen molar-refractivity contribution in [1.29, 1.82) is 0 Å². The summed E-state index contributed by atoms with van der Waals surface area (Å²) in [5.41, 5.74) is 0.219. The standard InChI is InChI=1S/C10H21S.Li/c1-7-10(5,6)11-8-9(2,3)4;/h2,7-8H2,1,3-6H3;/q-1;+1. The van der Waals surface area contributed by atoms with E-state index in [1.54, 1.807) is 0 Å². The van der Waals surface area contributed by atoms with Gasteiger partial charge in [0.15, 0.2) is 0 Å². The molecule has 0 saturated carbocycles. The molecule has 12 heavy (non-hydrogen) atoms. The minimum Gasteiger partial charge on any atom is -0.337 e. The van der Waals surface area contributed by atoms with Gasteiger partial charge in [-0.3, -0.25) is 0 Å². The molecule has 0 aliphatic rings. The molecule has 0 aromatic carbocycles. The van der Waals surface area contributed by atoms with Gasteiger partial charge < -0.3 is 6.92 Å². The first-order valence-corrected chi connectivity index (χ1v) is 5.25. The molecule has 0 nitrogen and oxygen atoms in total. The first-order valence-electron chi connectivity index (χ1n) is 4.26. The van der Waals surface area contributed by atoms with Crippen molar-refractivity contribution in [3.05, 3.63) is 6.92 Å². The van der Waals surface area contributed by atoms with E-state index in [4.69, 9.17) is 0 Å². The molecular weight excluding hydrogens is 159 g/mol. The monoisotopic (exact) mass is 180 g/mol. The van der Waals surface area contributed by atoms with Crippen molar-refractivity contribution in [3.8, 4) is 0 Å². The molecule has 0 fully saturated rings. The maximum Gasteiger partial charge on any atom is 1.00 e. The second-order valence-electron chi connectivity index (χ2n) is 4.57. The number of hydrogen-bond acceptors (Lipinski definition) is 1. The van der Waals surface area contributed by atoms with Gasteiger partial charge in [0.2, 0.25) is 0 Å². The topological polar surface area (TPSA) is 0 Å². The Morgan fingerprint density at radius 3 is 1.83 bits per heavy atom. The summed E-state index contributed by atoms with van der Waals surface area (Å²) in [6, 6.07) is 0. The van der Waals surface area contributed by atoms with Gasteiger partial charge in [-0.25, -0.2) is 0 Å². The molecule has 0 radical (unpaired) electrons. The smallest absolute Gasteiger partial charge is 0.337 e. The van der Waals surface area contributed by atoms with Crippen LogP contribution in [0.4, 0.5) is 0 Å². The molecular formula is C10H21LiS. The third kappa shape index (κ3) is 9.04. The molecule has 0 rings (SSSR count). The fourth-order valence-corrected chi connectivity index (χ4v) is 1.48. The van der Waals surface area contributed by atoms with Crippen molar-refractivity contribution >= 4 is 11.8 Å². The Morgan fingerprint density at radius 1 is 1.17 bits per heavy atom. The van der Waals surface area contributed by atoms with Crippen LogP contribution in [0, 0.1) is 12.3 Å². The second-order valence-corrected chi connectivity index (χ2v) is 6.25. The van der Waals surface area contributed by atoms with E-state index >= 15 is 0 Å².